The molecule has 1 amide bonds. The molecular weight excluding hydrogens is 300 g/mol. The Labute approximate surface area is 135 Å². The molecule has 0 aromatic carbocycles. The van der Waals surface area contributed by atoms with E-state index in [-0.39, 0.29) is 5.91 Å². The number of aryl methyl sites for hydroxylation is 1. The highest BCUT2D eigenvalue weighted by atomic mass is 32.2. The lowest BCUT2D eigenvalue weighted by Gasteiger charge is -2.29. The fourth-order valence-electron chi connectivity index (χ4n) is 2.75. The molecule has 2 aliphatic heterocycles. The van der Waals surface area contributed by atoms with Gasteiger partial charge in [0.2, 0.25) is 11.8 Å². The second-order valence-electron chi connectivity index (χ2n) is 5.73. The number of nitrogens with zero attached hydrogens (tertiary/aromatic N) is 2. The molecule has 0 radical (unpaired) electrons. The van der Waals surface area contributed by atoms with Crippen LogP contribution in [0.25, 0.3) is 0 Å². The van der Waals surface area contributed by atoms with Crippen molar-refractivity contribution >= 4 is 23.4 Å². The van der Waals surface area contributed by atoms with Crippen LogP contribution < -0.4 is 9.64 Å². The number of carbonyl (C=O) groups excluding carboxylic acids is 1. The van der Waals surface area contributed by atoms with E-state index in [0.29, 0.717) is 30.9 Å². The highest BCUT2D eigenvalue weighted by molar-refractivity contribution is 8.00. The Hall–Kier alpha value is -1.27. The van der Waals surface area contributed by atoms with Gasteiger partial charge in [0.05, 0.1) is 18.4 Å². The zero-order chi connectivity index (χ0) is 15.4. The van der Waals surface area contributed by atoms with Crippen LogP contribution in [0.15, 0.2) is 12.3 Å². The van der Waals surface area contributed by atoms with Gasteiger partial charge in [-0.05, 0) is 37.8 Å². The summed E-state index contributed by atoms with van der Waals surface area (Å²) in [5.74, 6) is 2.06. The van der Waals surface area contributed by atoms with E-state index in [1.165, 1.54) is 6.42 Å². The molecule has 5 nitrogen and oxygen atoms in total. The van der Waals surface area contributed by atoms with Gasteiger partial charge in [-0.25, -0.2) is 4.98 Å². The van der Waals surface area contributed by atoms with E-state index >= 15 is 0 Å². The van der Waals surface area contributed by atoms with Crippen molar-refractivity contribution in [1.82, 2.24) is 4.98 Å². The van der Waals surface area contributed by atoms with Crippen LogP contribution in [0.1, 0.15) is 24.8 Å². The molecule has 0 saturated carbocycles. The molecule has 1 atom stereocenters. The average molecular weight is 322 g/mol. The van der Waals surface area contributed by atoms with Crippen molar-refractivity contribution in [1.29, 1.82) is 0 Å². The van der Waals surface area contributed by atoms with Crippen LogP contribution in [0.4, 0.5) is 5.69 Å². The van der Waals surface area contributed by atoms with Crippen molar-refractivity contribution < 1.29 is 14.3 Å². The lowest BCUT2D eigenvalue weighted by molar-refractivity contribution is -0.116. The molecule has 3 rings (SSSR count). The monoisotopic (exact) mass is 322 g/mol. The number of fused-ring (bicyclic) bond motifs is 1. The molecule has 1 saturated heterocycles. The van der Waals surface area contributed by atoms with Gasteiger partial charge in [0, 0.05) is 18.6 Å². The van der Waals surface area contributed by atoms with Crippen LogP contribution in [0.5, 0.6) is 5.88 Å². The molecule has 120 valence electrons. The van der Waals surface area contributed by atoms with Crippen LogP contribution in [-0.4, -0.2) is 48.3 Å². The summed E-state index contributed by atoms with van der Waals surface area (Å²) in [7, 11) is 0. The number of rotatable bonds is 4. The highest BCUT2D eigenvalue weighted by Crippen LogP contribution is 2.30. The van der Waals surface area contributed by atoms with Crippen LogP contribution >= 0.6 is 11.8 Å². The largest absolute Gasteiger partial charge is 0.474 e. The fourth-order valence-corrected chi connectivity index (χ4v) is 3.73. The summed E-state index contributed by atoms with van der Waals surface area (Å²) < 4.78 is 11.2. The first-order valence-electron chi connectivity index (χ1n) is 7.83. The lowest BCUT2D eigenvalue weighted by Crippen LogP contribution is -2.39. The van der Waals surface area contributed by atoms with Crippen molar-refractivity contribution in [3.8, 4) is 5.88 Å². The molecule has 0 bridgehead atoms. The molecular formula is C16H22N2O3S. The lowest BCUT2D eigenvalue weighted by atomic mass is 10.1. The highest BCUT2D eigenvalue weighted by Gasteiger charge is 2.25. The van der Waals surface area contributed by atoms with Crippen molar-refractivity contribution in [2.24, 2.45) is 0 Å². The second kappa shape index (κ2) is 7.33. The number of hydrogen-bond donors (Lipinski definition) is 0. The number of aromatic nitrogens is 1. The van der Waals surface area contributed by atoms with Gasteiger partial charge in [-0.15, -0.1) is 11.8 Å². The van der Waals surface area contributed by atoms with Gasteiger partial charge in [0.15, 0.2) is 0 Å². The minimum absolute atomic E-state index is 0.123. The van der Waals surface area contributed by atoms with Gasteiger partial charge < -0.3 is 14.4 Å². The predicted octanol–water partition coefficient (Wildman–Crippen LogP) is 2.42. The third kappa shape index (κ3) is 3.73. The fraction of sp³-hybridized carbons (Fsp3) is 0.625. The number of thioether (sulfide) groups is 1. The van der Waals surface area contributed by atoms with Crippen molar-refractivity contribution in [3.63, 3.8) is 0 Å². The Balaban J connectivity index is 1.55. The number of amides is 1. The molecule has 22 heavy (non-hydrogen) atoms. The molecule has 3 heterocycles. The third-order valence-electron chi connectivity index (χ3n) is 3.92. The zero-order valence-corrected chi connectivity index (χ0v) is 13.7. The number of anilines is 1. The molecule has 0 spiro atoms. The molecule has 0 unspecified atom stereocenters. The smallest absolute Gasteiger partial charge is 0.238 e. The number of pyridine rings is 1. The Morgan fingerprint density at radius 3 is 3.18 bits per heavy atom. The van der Waals surface area contributed by atoms with E-state index in [9.17, 15) is 4.79 Å². The van der Waals surface area contributed by atoms with Crippen LogP contribution in [-0.2, 0) is 9.53 Å². The van der Waals surface area contributed by atoms with E-state index in [0.717, 1.165) is 36.5 Å². The number of carbonyl (C=O) groups is 1. The van der Waals surface area contributed by atoms with E-state index in [1.54, 1.807) is 22.9 Å². The maximum atomic E-state index is 12.5. The Morgan fingerprint density at radius 1 is 1.45 bits per heavy atom. The summed E-state index contributed by atoms with van der Waals surface area (Å²) in [5.41, 5.74) is 1.83. The Kier molecular flexibility index (Phi) is 5.20. The van der Waals surface area contributed by atoms with Gasteiger partial charge in [0.25, 0.3) is 0 Å². The molecule has 1 aromatic rings. The molecule has 0 N–H and O–H groups in total. The molecule has 2 aliphatic rings. The summed E-state index contributed by atoms with van der Waals surface area (Å²) in [6.07, 6.45) is 5.59. The normalized spacial score (nSPS) is 21.1. The standard InChI is InChI=1S/C16H22N2O3S/c1-12-8-14-16(17-9-12)21-7-5-18(14)15(19)11-22-10-13-4-2-3-6-20-13/h8-9,13H,2-7,10-11H2,1H3/t13-/m0/s1. The van der Waals surface area contributed by atoms with Gasteiger partial charge >= 0.3 is 0 Å². The second-order valence-corrected chi connectivity index (χ2v) is 6.76. The van der Waals surface area contributed by atoms with E-state index in [2.05, 4.69) is 4.98 Å². The summed E-state index contributed by atoms with van der Waals surface area (Å²) in [6.45, 7) is 3.93. The average Bonchev–Trinajstić information content (AvgIpc) is 2.55. The van der Waals surface area contributed by atoms with Gasteiger partial charge in [-0.3, -0.25) is 4.79 Å². The number of hydrogen-bond acceptors (Lipinski definition) is 5. The molecule has 1 fully saturated rings. The summed E-state index contributed by atoms with van der Waals surface area (Å²) in [4.78, 5) is 18.6. The zero-order valence-electron chi connectivity index (χ0n) is 12.9. The molecule has 6 heteroatoms. The SMILES string of the molecule is Cc1cnc2c(c1)N(C(=O)CSC[C@@H]1CCCCO1)CCO2. The Morgan fingerprint density at radius 2 is 2.36 bits per heavy atom. The molecule has 0 aliphatic carbocycles. The predicted molar refractivity (Wildman–Crippen MR) is 87.7 cm³/mol. The van der Waals surface area contributed by atoms with E-state index in [4.69, 9.17) is 9.47 Å². The summed E-state index contributed by atoms with van der Waals surface area (Å²) in [6, 6.07) is 1.97. The topological polar surface area (TPSA) is 51.7 Å². The van der Waals surface area contributed by atoms with E-state index in [1.807, 2.05) is 13.0 Å². The first-order valence-corrected chi connectivity index (χ1v) is 8.98. The first-order chi connectivity index (χ1) is 10.7. The maximum Gasteiger partial charge on any atom is 0.238 e. The third-order valence-corrected chi connectivity index (χ3v) is 4.98. The number of ether oxygens (including phenoxy) is 2. The Bertz CT molecular complexity index is 532. The minimum Gasteiger partial charge on any atom is -0.474 e. The maximum absolute atomic E-state index is 12.5. The van der Waals surface area contributed by atoms with E-state index < -0.39 is 0 Å². The van der Waals surface area contributed by atoms with Crippen LogP contribution in [0.2, 0.25) is 0 Å². The quantitative estimate of drug-likeness (QED) is 0.852. The molecule has 1 aromatic heterocycles. The summed E-state index contributed by atoms with van der Waals surface area (Å²) >= 11 is 1.66. The minimum atomic E-state index is 0.123. The summed E-state index contributed by atoms with van der Waals surface area (Å²) in [5, 5.41) is 0. The van der Waals surface area contributed by atoms with Crippen molar-refractivity contribution in [3.05, 3.63) is 17.8 Å². The first kappa shape index (κ1) is 15.6. The van der Waals surface area contributed by atoms with Crippen LogP contribution in [0, 0.1) is 6.92 Å². The van der Waals surface area contributed by atoms with Gasteiger partial charge in [-0.1, -0.05) is 0 Å². The van der Waals surface area contributed by atoms with Gasteiger partial charge in [-0.2, -0.15) is 0 Å². The van der Waals surface area contributed by atoms with Crippen molar-refractivity contribution in [2.45, 2.75) is 32.3 Å². The van der Waals surface area contributed by atoms with Crippen molar-refractivity contribution in [2.75, 3.05) is 36.2 Å². The van der Waals surface area contributed by atoms with Crippen LogP contribution in [0.3, 0.4) is 0 Å². The van der Waals surface area contributed by atoms with Gasteiger partial charge in [0.1, 0.15) is 12.3 Å².